The highest BCUT2D eigenvalue weighted by Crippen LogP contribution is 2.47. The third-order valence-corrected chi connectivity index (χ3v) is 5.19. The fraction of sp³-hybridized carbons (Fsp3) is 0.333. The van der Waals surface area contributed by atoms with Gasteiger partial charge in [-0.25, -0.2) is 4.79 Å². The first-order valence-corrected chi connectivity index (χ1v) is 9.45. The topological polar surface area (TPSA) is 117 Å². The number of anilines is 2. The number of rotatable bonds is 5. The second-order valence-corrected chi connectivity index (χ2v) is 7.20. The van der Waals surface area contributed by atoms with E-state index in [0.717, 1.165) is 5.56 Å². The number of hydrogen-bond acceptors (Lipinski definition) is 5. The summed E-state index contributed by atoms with van der Waals surface area (Å²) in [6.07, 6.45) is -1.14. The highest BCUT2D eigenvalue weighted by molar-refractivity contribution is 5.99. The van der Waals surface area contributed by atoms with Gasteiger partial charge in [0, 0.05) is 22.9 Å². The summed E-state index contributed by atoms with van der Waals surface area (Å²) in [5, 5.41) is 24.3. The first-order chi connectivity index (χ1) is 14.0. The van der Waals surface area contributed by atoms with E-state index in [1.54, 1.807) is 24.3 Å². The maximum atomic E-state index is 12.3. The molecule has 1 fully saturated rings. The summed E-state index contributed by atoms with van der Waals surface area (Å²) >= 11 is 0. The zero-order valence-corrected chi connectivity index (χ0v) is 15.6. The van der Waals surface area contributed by atoms with Gasteiger partial charge in [0.2, 0.25) is 0 Å². The molecule has 2 aliphatic rings. The van der Waals surface area contributed by atoms with Crippen LogP contribution in [0.5, 0.6) is 5.75 Å². The Bertz CT molecular complexity index is 903. The van der Waals surface area contributed by atoms with Crippen LogP contribution >= 0.6 is 0 Å². The summed E-state index contributed by atoms with van der Waals surface area (Å²) in [5.41, 5.74) is 2.16. The molecular formula is C21H22N2O6. The van der Waals surface area contributed by atoms with Gasteiger partial charge in [0.05, 0.1) is 19.1 Å². The number of hydrogen-bond donors (Lipinski definition) is 4. The van der Waals surface area contributed by atoms with E-state index in [4.69, 9.17) is 14.6 Å². The number of ether oxygens (including phenoxy) is 2. The number of benzene rings is 2. The van der Waals surface area contributed by atoms with E-state index in [-0.39, 0.29) is 31.1 Å². The highest BCUT2D eigenvalue weighted by Gasteiger charge is 2.46. The summed E-state index contributed by atoms with van der Waals surface area (Å²) in [6.45, 7) is -0.254. The Morgan fingerprint density at radius 2 is 1.83 bits per heavy atom. The highest BCUT2D eigenvalue weighted by atomic mass is 16.6. The summed E-state index contributed by atoms with van der Waals surface area (Å²) < 4.78 is 11.7. The van der Waals surface area contributed by atoms with Crippen molar-refractivity contribution in [2.75, 3.05) is 17.2 Å². The monoisotopic (exact) mass is 398 g/mol. The van der Waals surface area contributed by atoms with Gasteiger partial charge in [-0.05, 0) is 36.8 Å². The van der Waals surface area contributed by atoms with Crippen LogP contribution in [0.2, 0.25) is 0 Å². The molecule has 8 nitrogen and oxygen atoms in total. The van der Waals surface area contributed by atoms with Gasteiger partial charge in [-0.2, -0.15) is 0 Å². The molecule has 0 aliphatic carbocycles. The first kappa shape index (κ1) is 19.2. The number of carboxylic acids is 1. The van der Waals surface area contributed by atoms with E-state index in [1.165, 1.54) is 0 Å². The van der Waals surface area contributed by atoms with Crippen molar-refractivity contribution in [3.8, 4) is 5.75 Å². The van der Waals surface area contributed by atoms with Crippen molar-refractivity contribution in [1.29, 1.82) is 0 Å². The number of amides is 2. The smallest absolute Gasteiger partial charge is 0.323 e. The van der Waals surface area contributed by atoms with Gasteiger partial charge in [0.1, 0.15) is 18.0 Å². The first-order valence-electron chi connectivity index (χ1n) is 9.45. The molecule has 8 heteroatoms. The van der Waals surface area contributed by atoms with E-state index in [1.807, 2.05) is 24.3 Å². The van der Waals surface area contributed by atoms with Crippen molar-refractivity contribution in [2.24, 2.45) is 0 Å². The van der Waals surface area contributed by atoms with Crippen molar-refractivity contribution in [2.45, 2.75) is 37.1 Å². The fourth-order valence-corrected chi connectivity index (χ4v) is 3.98. The van der Waals surface area contributed by atoms with Crippen molar-refractivity contribution in [3.05, 3.63) is 54.1 Å². The minimum absolute atomic E-state index is 0.112. The number of carbonyl (C=O) groups is 2. The molecule has 2 aliphatic heterocycles. The Hall–Kier alpha value is -3.10. The zero-order valence-electron chi connectivity index (χ0n) is 15.6. The molecule has 152 valence electrons. The molecule has 1 saturated heterocycles. The predicted octanol–water partition coefficient (Wildman–Crippen LogP) is 2.80. The molecule has 0 bridgehead atoms. The molecule has 0 spiro atoms. The maximum absolute atomic E-state index is 12.3. The van der Waals surface area contributed by atoms with Crippen molar-refractivity contribution in [1.82, 2.24) is 0 Å². The van der Waals surface area contributed by atoms with Crippen LogP contribution in [0.3, 0.4) is 0 Å². The summed E-state index contributed by atoms with van der Waals surface area (Å²) in [4.78, 5) is 23.4. The van der Waals surface area contributed by atoms with Crippen LogP contribution in [-0.4, -0.2) is 47.1 Å². The average Bonchev–Trinajstić information content (AvgIpc) is 3.05. The van der Waals surface area contributed by atoms with Crippen LogP contribution in [0.1, 0.15) is 24.3 Å². The number of aliphatic hydroxyl groups excluding tert-OH is 1. The third-order valence-electron chi connectivity index (χ3n) is 5.19. The van der Waals surface area contributed by atoms with E-state index >= 15 is 0 Å². The Morgan fingerprint density at radius 3 is 2.55 bits per heavy atom. The third kappa shape index (κ3) is 4.18. The molecule has 2 amide bonds. The molecule has 2 aromatic carbocycles. The molecule has 4 atom stereocenters. The summed E-state index contributed by atoms with van der Waals surface area (Å²) in [5.74, 6) is -0.400. The molecule has 2 aromatic rings. The average molecular weight is 398 g/mol. The summed E-state index contributed by atoms with van der Waals surface area (Å²) in [6, 6.07) is 14.1. The molecule has 2 heterocycles. The molecular weight excluding hydrogens is 376 g/mol. The maximum Gasteiger partial charge on any atom is 0.323 e. The number of aliphatic hydroxyl groups is 1. The number of nitrogens with one attached hydrogen (secondary N) is 2. The van der Waals surface area contributed by atoms with Crippen LogP contribution in [0, 0.1) is 0 Å². The number of carboxylic acid groups (broad SMARTS) is 1. The molecule has 0 radical (unpaired) electrons. The molecule has 4 rings (SSSR count). The normalized spacial score (nSPS) is 24.7. The Kier molecular flexibility index (Phi) is 5.37. The van der Waals surface area contributed by atoms with Crippen molar-refractivity contribution >= 4 is 23.4 Å². The number of aliphatic carboxylic acids is 1. The second kappa shape index (κ2) is 8.10. The minimum Gasteiger partial charge on any atom is -0.487 e. The lowest BCUT2D eigenvalue weighted by molar-refractivity contribution is -0.153. The number of urea groups is 1. The van der Waals surface area contributed by atoms with E-state index in [0.29, 0.717) is 23.5 Å². The Morgan fingerprint density at radius 1 is 1.07 bits per heavy atom. The molecule has 0 saturated carbocycles. The van der Waals surface area contributed by atoms with Gasteiger partial charge in [0.15, 0.2) is 0 Å². The minimum atomic E-state index is -0.947. The van der Waals surface area contributed by atoms with Gasteiger partial charge in [-0.1, -0.05) is 18.2 Å². The lowest BCUT2D eigenvalue weighted by Gasteiger charge is -2.36. The lowest BCUT2D eigenvalue weighted by atomic mass is 9.84. The van der Waals surface area contributed by atoms with Crippen LogP contribution < -0.4 is 15.4 Å². The predicted molar refractivity (Wildman–Crippen MR) is 105 cm³/mol. The second-order valence-electron chi connectivity index (χ2n) is 7.20. The van der Waals surface area contributed by atoms with E-state index < -0.39 is 18.2 Å². The van der Waals surface area contributed by atoms with Gasteiger partial charge >= 0.3 is 12.0 Å². The number of carbonyl (C=O) groups excluding carboxylic acids is 1. The standard InChI is InChI=1S/C21H22N2O6/c24-11-18-20-16(9-14(28-18)10-19(25)26)15-8-13(6-7-17(15)29-20)23-21(27)22-12-4-2-1-3-5-12/h1-8,14,16,18,20,24H,9-11H2,(H,25,26)(H2,22,23,27)/t14-,16-,18-,20+/m0/s1. The van der Waals surface area contributed by atoms with Crippen molar-refractivity contribution in [3.63, 3.8) is 0 Å². The van der Waals surface area contributed by atoms with Gasteiger partial charge in [0.25, 0.3) is 0 Å². The largest absolute Gasteiger partial charge is 0.487 e. The quantitative estimate of drug-likeness (QED) is 0.615. The number of para-hydroxylation sites is 1. The molecule has 29 heavy (non-hydrogen) atoms. The van der Waals surface area contributed by atoms with Crippen LogP contribution in [-0.2, 0) is 9.53 Å². The van der Waals surface area contributed by atoms with E-state index in [2.05, 4.69) is 10.6 Å². The molecule has 0 aromatic heterocycles. The van der Waals surface area contributed by atoms with Gasteiger partial charge in [-0.3, -0.25) is 4.79 Å². The van der Waals surface area contributed by atoms with Gasteiger partial charge < -0.3 is 30.3 Å². The SMILES string of the molecule is O=C(O)C[C@@H]1C[C@H]2c3cc(NC(=O)Nc4ccccc4)ccc3O[C@H]2[C@H](CO)O1. The molecule has 0 unspecified atom stereocenters. The Labute approximate surface area is 167 Å². The number of fused-ring (bicyclic) bond motifs is 3. The zero-order chi connectivity index (χ0) is 20.4. The fourth-order valence-electron chi connectivity index (χ4n) is 3.98. The van der Waals surface area contributed by atoms with Crippen LogP contribution in [0.4, 0.5) is 16.2 Å². The van der Waals surface area contributed by atoms with Crippen molar-refractivity contribution < 1.29 is 29.3 Å². The molecule has 4 N–H and O–H groups in total. The van der Waals surface area contributed by atoms with Gasteiger partial charge in [-0.15, -0.1) is 0 Å². The van der Waals surface area contributed by atoms with E-state index in [9.17, 15) is 14.7 Å². The lowest BCUT2D eigenvalue weighted by Crippen LogP contribution is -2.46. The van der Waals surface area contributed by atoms with Crippen LogP contribution in [0.15, 0.2) is 48.5 Å². The van der Waals surface area contributed by atoms with Crippen LogP contribution in [0.25, 0.3) is 0 Å². The summed E-state index contributed by atoms with van der Waals surface area (Å²) in [7, 11) is 0. The Balaban J connectivity index is 1.50.